The monoisotopic (exact) mass is 310 g/mol. The lowest BCUT2D eigenvalue weighted by Crippen LogP contribution is -1.97. The second-order valence-corrected chi connectivity index (χ2v) is 5.01. The van der Waals surface area contributed by atoms with Crippen LogP contribution in [0.15, 0.2) is 60.2 Å². The van der Waals surface area contributed by atoms with Crippen molar-refractivity contribution in [3.8, 4) is 5.75 Å². The van der Waals surface area contributed by atoms with Crippen LogP contribution in [0, 0.1) is 5.82 Å². The van der Waals surface area contributed by atoms with Gasteiger partial charge in [-0.2, -0.15) is 0 Å². The van der Waals surface area contributed by atoms with Crippen LogP contribution >= 0.6 is 0 Å². The summed E-state index contributed by atoms with van der Waals surface area (Å²) in [6.45, 7) is 2.53. The van der Waals surface area contributed by atoms with Crippen molar-refractivity contribution in [1.82, 2.24) is 0 Å². The first kappa shape index (κ1) is 15.0. The minimum atomic E-state index is -0.418. The number of carbonyl (C=O) groups excluding carboxylic acids is 1. The molecule has 0 N–H and O–H groups in total. The highest BCUT2D eigenvalue weighted by molar-refractivity contribution is 6.05. The molecule has 0 saturated heterocycles. The molecule has 0 atom stereocenters. The summed E-state index contributed by atoms with van der Waals surface area (Å²) < 4.78 is 23.6. The summed E-state index contributed by atoms with van der Waals surface area (Å²) in [7, 11) is 0. The van der Waals surface area contributed by atoms with E-state index >= 15 is 0 Å². The summed E-state index contributed by atoms with van der Waals surface area (Å²) in [5, 5.41) is 0. The number of halogens is 1. The van der Waals surface area contributed by atoms with Crippen molar-refractivity contribution < 1.29 is 18.7 Å². The van der Waals surface area contributed by atoms with Gasteiger partial charge in [0.05, 0.1) is 12.2 Å². The maximum Gasteiger partial charge on any atom is 0.343 e. The van der Waals surface area contributed by atoms with Crippen LogP contribution in [0.5, 0.6) is 5.75 Å². The maximum atomic E-state index is 13.0. The van der Waals surface area contributed by atoms with Crippen molar-refractivity contribution in [1.29, 1.82) is 0 Å². The third kappa shape index (κ3) is 3.48. The first-order valence-corrected chi connectivity index (χ1v) is 7.30. The van der Waals surface area contributed by atoms with Crippen molar-refractivity contribution in [2.75, 3.05) is 6.61 Å². The Morgan fingerprint density at radius 1 is 1.09 bits per heavy atom. The van der Waals surface area contributed by atoms with E-state index in [0.29, 0.717) is 23.5 Å². The number of esters is 1. The molecule has 2 aromatic rings. The van der Waals surface area contributed by atoms with E-state index in [1.165, 1.54) is 12.1 Å². The smallest absolute Gasteiger partial charge is 0.343 e. The lowest BCUT2D eigenvalue weighted by Gasteiger charge is -2.02. The third-order valence-corrected chi connectivity index (χ3v) is 3.37. The number of carbonyl (C=O) groups is 1. The molecule has 1 aliphatic heterocycles. The van der Waals surface area contributed by atoms with Crippen molar-refractivity contribution in [3.63, 3.8) is 0 Å². The van der Waals surface area contributed by atoms with E-state index in [4.69, 9.17) is 9.47 Å². The fourth-order valence-corrected chi connectivity index (χ4v) is 2.25. The molecule has 3 nitrogen and oxygen atoms in total. The predicted octanol–water partition coefficient (Wildman–Crippen LogP) is 4.21. The van der Waals surface area contributed by atoms with Gasteiger partial charge in [0.2, 0.25) is 0 Å². The molecule has 0 aliphatic carbocycles. The maximum absolute atomic E-state index is 13.0. The minimum Gasteiger partial charge on any atom is -0.494 e. The van der Waals surface area contributed by atoms with Gasteiger partial charge in [0.15, 0.2) is 0 Å². The zero-order valence-electron chi connectivity index (χ0n) is 12.6. The summed E-state index contributed by atoms with van der Waals surface area (Å²) in [5.74, 6) is 0.459. The summed E-state index contributed by atoms with van der Waals surface area (Å²) in [5.41, 5.74) is 1.99. The molecule has 1 heterocycles. The number of rotatable bonds is 4. The Labute approximate surface area is 133 Å². The van der Waals surface area contributed by atoms with Gasteiger partial charge in [-0.05, 0) is 61.0 Å². The Kier molecular flexibility index (Phi) is 4.24. The molecule has 116 valence electrons. The van der Waals surface area contributed by atoms with E-state index in [0.717, 1.165) is 11.3 Å². The molecule has 3 rings (SSSR count). The van der Waals surface area contributed by atoms with Gasteiger partial charge in [0.25, 0.3) is 0 Å². The van der Waals surface area contributed by atoms with Gasteiger partial charge in [0.1, 0.15) is 17.3 Å². The molecule has 0 spiro atoms. The van der Waals surface area contributed by atoms with Crippen LogP contribution < -0.4 is 4.74 Å². The molecule has 0 fully saturated rings. The molecule has 23 heavy (non-hydrogen) atoms. The Hall–Kier alpha value is -2.88. The lowest BCUT2D eigenvalue weighted by atomic mass is 10.1. The molecule has 0 radical (unpaired) electrons. The van der Waals surface area contributed by atoms with E-state index < -0.39 is 5.97 Å². The first-order chi connectivity index (χ1) is 11.2. The number of hydrogen-bond acceptors (Lipinski definition) is 3. The molecule has 2 aromatic carbocycles. The van der Waals surface area contributed by atoms with Gasteiger partial charge in [-0.25, -0.2) is 9.18 Å². The van der Waals surface area contributed by atoms with Crippen LogP contribution in [0.3, 0.4) is 0 Å². The van der Waals surface area contributed by atoms with E-state index in [-0.39, 0.29) is 5.82 Å². The SMILES string of the molecule is CCOc1ccc(/C=C2/C=C(c3ccc(F)cc3)OC2=O)cc1. The predicted molar refractivity (Wildman–Crippen MR) is 86.1 cm³/mol. The Balaban J connectivity index is 1.84. The number of hydrogen-bond donors (Lipinski definition) is 0. The fraction of sp³-hybridized carbons (Fsp3) is 0.105. The van der Waals surface area contributed by atoms with Gasteiger partial charge in [-0.15, -0.1) is 0 Å². The van der Waals surface area contributed by atoms with Gasteiger partial charge >= 0.3 is 5.97 Å². The van der Waals surface area contributed by atoms with Gasteiger partial charge < -0.3 is 9.47 Å². The van der Waals surface area contributed by atoms with E-state index in [2.05, 4.69) is 0 Å². The number of cyclic esters (lactones) is 1. The van der Waals surface area contributed by atoms with Crippen LogP contribution in [0.2, 0.25) is 0 Å². The van der Waals surface area contributed by atoms with Crippen LogP contribution in [-0.2, 0) is 9.53 Å². The van der Waals surface area contributed by atoms with Crippen molar-refractivity contribution >= 4 is 17.8 Å². The van der Waals surface area contributed by atoms with Crippen LogP contribution in [-0.4, -0.2) is 12.6 Å². The van der Waals surface area contributed by atoms with Crippen LogP contribution in [0.1, 0.15) is 18.1 Å². The first-order valence-electron chi connectivity index (χ1n) is 7.30. The Morgan fingerprint density at radius 3 is 2.43 bits per heavy atom. The van der Waals surface area contributed by atoms with E-state index in [9.17, 15) is 9.18 Å². The van der Waals surface area contributed by atoms with Crippen molar-refractivity contribution in [2.24, 2.45) is 0 Å². The summed E-state index contributed by atoms with van der Waals surface area (Å²) in [6.07, 6.45) is 3.40. The highest BCUT2D eigenvalue weighted by Crippen LogP contribution is 2.27. The normalized spacial score (nSPS) is 15.5. The zero-order valence-corrected chi connectivity index (χ0v) is 12.6. The van der Waals surface area contributed by atoms with Crippen molar-refractivity contribution in [3.05, 3.63) is 77.1 Å². The quantitative estimate of drug-likeness (QED) is 0.627. The summed E-state index contributed by atoms with van der Waals surface area (Å²) in [4.78, 5) is 12.0. The average molecular weight is 310 g/mol. The van der Waals surface area contributed by atoms with Gasteiger partial charge in [-0.3, -0.25) is 0 Å². The molecular weight excluding hydrogens is 295 g/mol. The second kappa shape index (κ2) is 6.48. The molecule has 4 heteroatoms. The highest BCUT2D eigenvalue weighted by atomic mass is 19.1. The van der Waals surface area contributed by atoms with E-state index in [1.54, 1.807) is 24.3 Å². The molecule has 0 amide bonds. The molecule has 1 aliphatic rings. The molecule has 0 aromatic heterocycles. The largest absolute Gasteiger partial charge is 0.494 e. The van der Waals surface area contributed by atoms with Crippen LogP contribution in [0.4, 0.5) is 4.39 Å². The second-order valence-electron chi connectivity index (χ2n) is 5.01. The lowest BCUT2D eigenvalue weighted by molar-refractivity contribution is -0.130. The van der Waals surface area contributed by atoms with E-state index in [1.807, 2.05) is 31.2 Å². The standard InChI is InChI=1S/C19H15FO3/c1-2-22-17-9-3-13(4-10-17)11-15-12-18(23-19(15)21)14-5-7-16(20)8-6-14/h3-12H,2H2,1H3/b15-11-. The molecular formula is C19H15FO3. The minimum absolute atomic E-state index is 0.330. The summed E-state index contributed by atoms with van der Waals surface area (Å²) in [6, 6.07) is 13.3. The van der Waals surface area contributed by atoms with Gasteiger partial charge in [0, 0.05) is 5.56 Å². The highest BCUT2D eigenvalue weighted by Gasteiger charge is 2.21. The van der Waals surface area contributed by atoms with Crippen molar-refractivity contribution in [2.45, 2.75) is 6.92 Å². The van der Waals surface area contributed by atoms with Crippen LogP contribution in [0.25, 0.3) is 11.8 Å². The Morgan fingerprint density at radius 2 is 1.78 bits per heavy atom. The Bertz CT molecular complexity index is 771. The number of benzene rings is 2. The fourth-order valence-electron chi connectivity index (χ4n) is 2.25. The third-order valence-electron chi connectivity index (χ3n) is 3.37. The molecule has 0 bridgehead atoms. The zero-order chi connectivity index (χ0) is 16.2. The summed E-state index contributed by atoms with van der Waals surface area (Å²) >= 11 is 0. The number of ether oxygens (including phenoxy) is 2. The molecule has 0 saturated carbocycles. The topological polar surface area (TPSA) is 35.5 Å². The van der Waals surface area contributed by atoms with Gasteiger partial charge in [-0.1, -0.05) is 12.1 Å². The average Bonchev–Trinajstić information content (AvgIpc) is 2.91. The molecule has 0 unspecified atom stereocenters.